The molecule has 0 fully saturated rings. The molecule has 3 amide bonds. The molecule has 0 bridgehead atoms. The van der Waals surface area contributed by atoms with E-state index in [2.05, 4.69) is 5.32 Å². The van der Waals surface area contributed by atoms with Crippen LogP contribution in [0.15, 0.2) is 42.5 Å². The monoisotopic (exact) mass is 475 g/mol. The second-order valence-electron chi connectivity index (χ2n) is 7.33. The van der Waals surface area contributed by atoms with Crippen molar-refractivity contribution in [2.24, 2.45) is 0 Å². The Kier molecular flexibility index (Phi) is 8.65. The average molecular weight is 476 g/mol. The van der Waals surface area contributed by atoms with Gasteiger partial charge >= 0.3 is 0 Å². The van der Waals surface area contributed by atoms with Crippen molar-refractivity contribution >= 4 is 35.0 Å². The number of ether oxygens (including phenoxy) is 2. The van der Waals surface area contributed by atoms with Crippen LogP contribution < -0.4 is 15.0 Å². The smallest absolute Gasteiger partial charge is 0.260 e. The summed E-state index contributed by atoms with van der Waals surface area (Å²) < 4.78 is 10.1. The lowest BCUT2D eigenvalue weighted by molar-refractivity contribution is -0.131. The summed E-state index contributed by atoms with van der Waals surface area (Å²) in [6.07, 6.45) is 0. The number of halogens is 1. The fourth-order valence-corrected chi connectivity index (χ4v) is 3.74. The maximum Gasteiger partial charge on any atom is 0.260 e. The van der Waals surface area contributed by atoms with E-state index in [1.807, 2.05) is 12.1 Å². The van der Waals surface area contributed by atoms with E-state index in [9.17, 15) is 14.4 Å². The molecule has 1 aliphatic heterocycles. The first kappa shape index (κ1) is 24.5. The number of anilines is 1. The van der Waals surface area contributed by atoms with Gasteiger partial charge in [0.2, 0.25) is 11.8 Å². The molecule has 2 aromatic rings. The third-order valence-corrected chi connectivity index (χ3v) is 5.36. The van der Waals surface area contributed by atoms with Crippen molar-refractivity contribution in [2.75, 3.05) is 51.5 Å². The van der Waals surface area contributed by atoms with Crippen LogP contribution in [0.4, 0.5) is 5.69 Å². The van der Waals surface area contributed by atoms with Crippen LogP contribution in [-0.2, 0) is 20.9 Å². The summed E-state index contributed by atoms with van der Waals surface area (Å²) in [7, 11) is 1.43. The predicted molar refractivity (Wildman–Crippen MR) is 122 cm³/mol. The number of hydrogen-bond acceptors (Lipinski definition) is 6. The van der Waals surface area contributed by atoms with Gasteiger partial charge in [0.25, 0.3) is 5.91 Å². The van der Waals surface area contributed by atoms with E-state index in [1.165, 1.54) is 18.1 Å². The Bertz CT molecular complexity index is 1020. The number of aliphatic hydroxyl groups is 1. The van der Waals surface area contributed by atoms with Gasteiger partial charge in [-0.25, -0.2) is 0 Å². The zero-order valence-electron chi connectivity index (χ0n) is 18.3. The summed E-state index contributed by atoms with van der Waals surface area (Å²) in [6, 6.07) is 11.9. The lowest BCUT2D eigenvalue weighted by Gasteiger charge is -2.23. The quantitative estimate of drug-likeness (QED) is 0.568. The van der Waals surface area contributed by atoms with Crippen LogP contribution in [0.1, 0.15) is 15.9 Å². The van der Waals surface area contributed by atoms with E-state index in [4.69, 9.17) is 26.2 Å². The molecule has 0 atom stereocenters. The van der Waals surface area contributed by atoms with Crippen molar-refractivity contribution in [3.05, 3.63) is 58.6 Å². The Morgan fingerprint density at radius 2 is 1.97 bits per heavy atom. The molecule has 1 heterocycles. The Morgan fingerprint density at radius 1 is 1.18 bits per heavy atom. The van der Waals surface area contributed by atoms with Gasteiger partial charge in [-0.05, 0) is 29.8 Å². The Balaban J connectivity index is 1.80. The third kappa shape index (κ3) is 6.22. The van der Waals surface area contributed by atoms with E-state index in [0.29, 0.717) is 24.5 Å². The first-order valence-electron chi connectivity index (χ1n) is 10.4. The van der Waals surface area contributed by atoms with Crippen LogP contribution in [0.2, 0.25) is 5.02 Å². The predicted octanol–water partition coefficient (Wildman–Crippen LogP) is 1.46. The molecule has 0 unspecified atom stereocenters. The zero-order chi connectivity index (χ0) is 23.8. The minimum Gasteiger partial charge on any atom is -0.491 e. The molecule has 0 saturated carbocycles. The van der Waals surface area contributed by atoms with Gasteiger partial charge in [0, 0.05) is 32.4 Å². The largest absolute Gasteiger partial charge is 0.491 e. The van der Waals surface area contributed by atoms with Crippen molar-refractivity contribution in [3.63, 3.8) is 0 Å². The summed E-state index contributed by atoms with van der Waals surface area (Å²) in [5.74, 6) is -0.498. The van der Waals surface area contributed by atoms with Gasteiger partial charge < -0.3 is 24.8 Å². The Labute approximate surface area is 196 Å². The number of rotatable bonds is 9. The van der Waals surface area contributed by atoms with Crippen molar-refractivity contribution in [1.82, 2.24) is 10.2 Å². The summed E-state index contributed by atoms with van der Waals surface area (Å²) in [6.45, 7) is 0.621. The number of fused-ring (bicyclic) bond motifs is 1. The summed E-state index contributed by atoms with van der Waals surface area (Å²) in [4.78, 5) is 41.0. The second kappa shape index (κ2) is 11.6. The molecular weight excluding hydrogens is 450 g/mol. The molecule has 33 heavy (non-hydrogen) atoms. The number of benzene rings is 2. The number of aliphatic hydroxyl groups excluding tert-OH is 1. The number of carbonyl (C=O) groups excluding carboxylic acids is 3. The number of nitrogens with zero attached hydrogens (tertiary/aromatic N) is 2. The van der Waals surface area contributed by atoms with Gasteiger partial charge in [0.05, 0.1) is 17.2 Å². The Hall–Kier alpha value is -3.14. The van der Waals surface area contributed by atoms with Crippen LogP contribution in [-0.4, -0.2) is 74.3 Å². The Morgan fingerprint density at radius 3 is 2.70 bits per heavy atom. The van der Waals surface area contributed by atoms with E-state index in [0.717, 1.165) is 5.56 Å². The number of methoxy groups -OCH3 is 1. The van der Waals surface area contributed by atoms with Crippen LogP contribution in [0.5, 0.6) is 5.75 Å². The van der Waals surface area contributed by atoms with Crippen molar-refractivity contribution in [1.29, 1.82) is 0 Å². The minimum absolute atomic E-state index is 0.0519. The van der Waals surface area contributed by atoms with Gasteiger partial charge in [0.1, 0.15) is 25.5 Å². The molecular formula is C23H26ClN3O6. The highest BCUT2D eigenvalue weighted by Crippen LogP contribution is 2.30. The number of para-hydroxylation sites is 1. The van der Waals surface area contributed by atoms with Crippen molar-refractivity contribution in [3.8, 4) is 5.75 Å². The van der Waals surface area contributed by atoms with Gasteiger partial charge in [-0.3, -0.25) is 19.3 Å². The van der Waals surface area contributed by atoms with Crippen molar-refractivity contribution in [2.45, 2.75) is 6.54 Å². The van der Waals surface area contributed by atoms with E-state index in [-0.39, 0.29) is 55.3 Å². The van der Waals surface area contributed by atoms with Crippen LogP contribution >= 0.6 is 11.6 Å². The van der Waals surface area contributed by atoms with E-state index < -0.39 is 5.91 Å². The molecule has 9 nitrogen and oxygen atoms in total. The van der Waals surface area contributed by atoms with Gasteiger partial charge in [0.15, 0.2) is 0 Å². The molecule has 2 aromatic carbocycles. The van der Waals surface area contributed by atoms with E-state index in [1.54, 1.807) is 29.2 Å². The molecule has 10 heteroatoms. The zero-order valence-corrected chi connectivity index (χ0v) is 19.0. The molecule has 176 valence electrons. The summed E-state index contributed by atoms with van der Waals surface area (Å²) in [5.41, 5.74) is 1.66. The first-order chi connectivity index (χ1) is 15.9. The van der Waals surface area contributed by atoms with Crippen molar-refractivity contribution < 1.29 is 29.0 Å². The van der Waals surface area contributed by atoms with Crippen LogP contribution in [0, 0.1) is 0 Å². The summed E-state index contributed by atoms with van der Waals surface area (Å²) in [5, 5.41) is 11.8. The molecule has 0 aromatic heterocycles. The lowest BCUT2D eigenvalue weighted by Crippen LogP contribution is -2.43. The SMILES string of the molecule is COCC(=O)NCCN1Cc2ccccc2N(C(=O)c2ccc(OCCO)cc2Cl)CC1=O. The van der Waals surface area contributed by atoms with Crippen LogP contribution in [0.3, 0.4) is 0 Å². The standard InChI is InChI=1S/C23H26ClN3O6/c1-32-15-21(29)25-8-9-26-13-16-4-2-3-5-20(16)27(14-22(26)30)23(31)18-7-6-17(12-19(18)24)33-11-10-28/h2-7,12,28H,8-11,13-15H2,1H3,(H,25,29). The van der Waals surface area contributed by atoms with E-state index >= 15 is 0 Å². The maximum atomic E-state index is 13.4. The molecule has 1 aliphatic rings. The molecule has 0 aliphatic carbocycles. The number of carbonyl (C=O) groups is 3. The number of amides is 3. The normalized spacial score (nSPS) is 13.4. The van der Waals surface area contributed by atoms with Gasteiger partial charge in [-0.15, -0.1) is 0 Å². The third-order valence-electron chi connectivity index (χ3n) is 5.05. The van der Waals surface area contributed by atoms with Gasteiger partial charge in [-0.2, -0.15) is 0 Å². The first-order valence-corrected chi connectivity index (χ1v) is 10.8. The molecule has 0 saturated heterocycles. The highest BCUT2D eigenvalue weighted by molar-refractivity contribution is 6.34. The average Bonchev–Trinajstić information content (AvgIpc) is 2.94. The highest BCUT2D eigenvalue weighted by atomic mass is 35.5. The highest BCUT2D eigenvalue weighted by Gasteiger charge is 2.30. The lowest BCUT2D eigenvalue weighted by atomic mass is 10.1. The van der Waals surface area contributed by atoms with Crippen LogP contribution in [0.25, 0.3) is 0 Å². The topological polar surface area (TPSA) is 108 Å². The fourth-order valence-electron chi connectivity index (χ4n) is 3.49. The molecule has 3 rings (SSSR count). The second-order valence-corrected chi connectivity index (χ2v) is 7.74. The number of hydrogen-bond donors (Lipinski definition) is 2. The fraction of sp³-hybridized carbons (Fsp3) is 0.348. The number of nitrogens with one attached hydrogen (secondary N) is 1. The minimum atomic E-state index is -0.412. The maximum absolute atomic E-state index is 13.4. The van der Waals surface area contributed by atoms with Gasteiger partial charge in [-0.1, -0.05) is 29.8 Å². The molecule has 2 N–H and O–H groups in total. The molecule has 0 radical (unpaired) electrons. The summed E-state index contributed by atoms with van der Waals surface area (Å²) >= 11 is 6.34. The molecule has 0 spiro atoms.